The molecule has 0 fully saturated rings. The summed E-state index contributed by atoms with van der Waals surface area (Å²) in [5, 5.41) is 5.45. The quantitative estimate of drug-likeness (QED) is 0.192. The van der Waals surface area contributed by atoms with E-state index in [9.17, 15) is 0 Å². The van der Waals surface area contributed by atoms with Gasteiger partial charge in [0.25, 0.3) is 0 Å². The fourth-order valence-corrected chi connectivity index (χ4v) is 5.80. The fraction of sp³-hybridized carbons (Fsp3) is 0.279. The van der Waals surface area contributed by atoms with Gasteiger partial charge in [-0.2, -0.15) is 12.1 Å². The molecule has 6 aromatic carbocycles. The number of benzene rings is 4. The van der Waals surface area contributed by atoms with Crippen LogP contribution in [0.3, 0.4) is 0 Å². The van der Waals surface area contributed by atoms with E-state index in [4.69, 9.17) is 0 Å². The van der Waals surface area contributed by atoms with Crippen molar-refractivity contribution in [1.29, 1.82) is 0 Å². The molecule has 6 rings (SSSR count). The van der Waals surface area contributed by atoms with E-state index in [1.54, 1.807) is 0 Å². The van der Waals surface area contributed by atoms with Crippen LogP contribution in [0.15, 0.2) is 109 Å². The molecule has 240 valence electrons. The van der Waals surface area contributed by atoms with Crippen molar-refractivity contribution in [3.8, 4) is 22.3 Å². The van der Waals surface area contributed by atoms with E-state index in [0.29, 0.717) is 0 Å². The van der Waals surface area contributed by atoms with Crippen molar-refractivity contribution in [3.05, 3.63) is 131 Å². The maximum atomic E-state index is 3.34. The largest absolute Gasteiger partial charge is 1.00 e. The summed E-state index contributed by atoms with van der Waals surface area (Å²) >= 11 is 1.30. The van der Waals surface area contributed by atoms with Crippen molar-refractivity contribution in [2.75, 3.05) is 0 Å². The molecule has 0 N–H and O–H groups in total. The van der Waals surface area contributed by atoms with Crippen molar-refractivity contribution >= 4 is 25.8 Å². The fourth-order valence-electron chi connectivity index (χ4n) is 5.80. The Bertz CT molecular complexity index is 1670. The van der Waals surface area contributed by atoms with Gasteiger partial charge in [0.1, 0.15) is 0 Å². The van der Waals surface area contributed by atoms with Crippen LogP contribution in [0.4, 0.5) is 0 Å². The first kappa shape index (κ1) is 39.6. The Hall–Kier alpha value is -2.57. The molecular formula is C43H48Cl2Zr-2. The van der Waals surface area contributed by atoms with Crippen molar-refractivity contribution in [2.24, 2.45) is 0 Å². The Morgan fingerprint density at radius 1 is 0.522 bits per heavy atom. The molecule has 0 nitrogen and oxygen atoms in total. The van der Waals surface area contributed by atoms with Gasteiger partial charge in [-0.05, 0) is 45.9 Å². The topological polar surface area (TPSA) is 0 Å². The molecule has 6 aromatic rings. The van der Waals surface area contributed by atoms with Crippen LogP contribution < -0.4 is 24.8 Å². The third-order valence-electron chi connectivity index (χ3n) is 8.56. The molecule has 0 spiro atoms. The second kappa shape index (κ2) is 17.0. The zero-order valence-electron chi connectivity index (χ0n) is 28.8. The standard InChI is InChI=1S/2C21H23.CH2.2ClH.Zr/c2*1-5-15-13-17-7-6-8-19(20(17)14-15)16-9-11-18(12-10-16)21(2,3)4;;;;/h2*6-14H,5H2,1-4H3;1H2;2*1H;/q2*-1;;;;+2/p-2. The van der Waals surface area contributed by atoms with E-state index in [1.165, 1.54) is 90.3 Å². The number of halogens is 2. The Morgan fingerprint density at radius 3 is 1.13 bits per heavy atom. The van der Waals surface area contributed by atoms with Crippen LogP contribution in [0.2, 0.25) is 0 Å². The minimum absolute atomic E-state index is 0. The van der Waals surface area contributed by atoms with Gasteiger partial charge in [0.05, 0.1) is 0 Å². The summed E-state index contributed by atoms with van der Waals surface area (Å²) in [5.41, 5.74) is 11.3. The monoisotopic (exact) mass is 724 g/mol. The molecule has 3 heteroatoms. The van der Waals surface area contributed by atoms with Crippen LogP contribution in [0.25, 0.3) is 43.8 Å². The first-order chi connectivity index (χ1) is 21.0. The number of hydrogen-bond donors (Lipinski definition) is 0. The Kier molecular flexibility index (Phi) is 14.7. The molecule has 46 heavy (non-hydrogen) atoms. The second-order valence-corrected chi connectivity index (χ2v) is 13.7. The maximum absolute atomic E-state index is 3.34. The molecule has 0 atom stereocenters. The molecule has 0 heterocycles. The van der Waals surface area contributed by atoms with Crippen LogP contribution in [-0.4, -0.2) is 4.21 Å². The number of fused-ring (bicyclic) bond motifs is 2. The summed E-state index contributed by atoms with van der Waals surface area (Å²) < 4.78 is 3.34. The van der Waals surface area contributed by atoms with Crippen molar-refractivity contribution in [2.45, 2.75) is 79.1 Å². The molecule has 0 aliphatic carbocycles. The van der Waals surface area contributed by atoms with Gasteiger partial charge in [0, 0.05) is 0 Å². The van der Waals surface area contributed by atoms with Gasteiger partial charge in [0.2, 0.25) is 0 Å². The zero-order valence-corrected chi connectivity index (χ0v) is 32.7. The summed E-state index contributed by atoms with van der Waals surface area (Å²) in [4.78, 5) is 0. The summed E-state index contributed by atoms with van der Waals surface area (Å²) in [6, 6.07) is 40.6. The average Bonchev–Trinajstić information content (AvgIpc) is 3.66. The van der Waals surface area contributed by atoms with E-state index in [-0.39, 0.29) is 35.6 Å². The van der Waals surface area contributed by atoms with Gasteiger partial charge in [-0.25, -0.2) is 0 Å². The normalized spacial score (nSPS) is 11.1. The van der Waals surface area contributed by atoms with E-state index < -0.39 is 0 Å². The first-order valence-electron chi connectivity index (χ1n) is 15.9. The van der Waals surface area contributed by atoms with Crippen LogP contribution >= 0.6 is 0 Å². The smallest absolute Gasteiger partial charge is 1.00 e. The molecule has 0 bridgehead atoms. The van der Waals surface area contributed by atoms with Crippen LogP contribution in [-0.2, 0) is 47.9 Å². The predicted octanol–water partition coefficient (Wildman–Crippen LogP) is 6.14. The Balaban J connectivity index is 0.000000292. The van der Waals surface area contributed by atoms with E-state index >= 15 is 0 Å². The summed E-state index contributed by atoms with van der Waals surface area (Å²) in [6.45, 7) is 18.0. The molecule has 0 aliphatic rings. The molecule has 0 unspecified atom stereocenters. The first-order valence-corrected chi connectivity index (χ1v) is 17.7. The van der Waals surface area contributed by atoms with Crippen molar-refractivity contribution < 1.29 is 49.0 Å². The minimum atomic E-state index is 0. The van der Waals surface area contributed by atoms with Crippen LogP contribution in [0.5, 0.6) is 0 Å². The summed E-state index contributed by atoms with van der Waals surface area (Å²) in [5.74, 6) is 0. The SMILES string of the molecule is CCc1cc2c(-c3ccc(C(C)(C)C)cc3)cccc2[cH-]1.CCc1cc2c(-c3ccc(C(C)(C)C)cc3)cccc2[cH-]1.[CH2]=[Zr+2].[Cl-].[Cl-]. The van der Waals surface area contributed by atoms with E-state index in [0.717, 1.165) is 12.8 Å². The molecule has 0 aliphatic heterocycles. The molecular weight excluding hydrogens is 679 g/mol. The van der Waals surface area contributed by atoms with E-state index in [2.05, 4.69) is 169 Å². The predicted molar refractivity (Wildman–Crippen MR) is 193 cm³/mol. The average molecular weight is 727 g/mol. The molecule has 0 saturated carbocycles. The second-order valence-electron chi connectivity index (χ2n) is 13.7. The molecule has 0 aromatic heterocycles. The maximum Gasteiger partial charge on any atom is -1.00 e. The molecule has 0 amide bonds. The van der Waals surface area contributed by atoms with Gasteiger partial charge in [-0.1, -0.05) is 127 Å². The number of aryl methyl sites for hydroxylation is 2. The molecule has 0 radical (unpaired) electrons. The van der Waals surface area contributed by atoms with Crippen LogP contribution in [0.1, 0.15) is 77.6 Å². The van der Waals surface area contributed by atoms with Gasteiger partial charge in [-0.3, -0.25) is 0 Å². The third-order valence-corrected chi connectivity index (χ3v) is 8.56. The Labute approximate surface area is 305 Å². The summed E-state index contributed by atoms with van der Waals surface area (Å²) in [6.07, 6.45) is 2.19. The molecule has 0 saturated heterocycles. The van der Waals surface area contributed by atoms with Gasteiger partial charge in [-0.15, -0.1) is 69.1 Å². The summed E-state index contributed by atoms with van der Waals surface area (Å²) in [7, 11) is 0. The van der Waals surface area contributed by atoms with Gasteiger partial charge >= 0.3 is 28.4 Å². The van der Waals surface area contributed by atoms with Crippen molar-refractivity contribution in [1.82, 2.24) is 0 Å². The minimum Gasteiger partial charge on any atom is -1.00 e. The Morgan fingerprint density at radius 2 is 0.848 bits per heavy atom. The zero-order chi connectivity index (χ0) is 32.1. The number of hydrogen-bond acceptors (Lipinski definition) is 0. The number of rotatable bonds is 4. The van der Waals surface area contributed by atoms with E-state index in [1.807, 2.05) is 0 Å². The van der Waals surface area contributed by atoms with Gasteiger partial charge < -0.3 is 24.8 Å². The van der Waals surface area contributed by atoms with Crippen molar-refractivity contribution in [3.63, 3.8) is 0 Å². The van der Waals surface area contributed by atoms with Gasteiger partial charge in [0.15, 0.2) is 0 Å². The third kappa shape index (κ3) is 9.28. The van der Waals surface area contributed by atoms with Crippen LogP contribution in [0, 0.1) is 0 Å².